The molecule has 0 aliphatic rings. The van der Waals surface area contributed by atoms with Crippen molar-refractivity contribution in [3.05, 3.63) is 66.0 Å². The number of nitrogens with zero attached hydrogens (tertiary/aromatic N) is 7. The molecule has 0 unspecified atom stereocenters. The summed E-state index contributed by atoms with van der Waals surface area (Å²) in [6.45, 7) is 3.65. The first kappa shape index (κ1) is 22.2. The Balaban J connectivity index is 1.68. The number of nitrogens with two attached hydrogens (primary N) is 1. The molecule has 11 heteroatoms. The quantitative estimate of drug-likeness (QED) is 0.398. The molecule has 0 amide bonds. The van der Waals surface area contributed by atoms with Crippen LogP contribution in [-0.4, -0.2) is 29.9 Å². The number of nitrogen functional groups attached to an aromatic ring is 1. The van der Waals surface area contributed by atoms with Crippen LogP contribution in [0.25, 0.3) is 39.0 Å². The van der Waals surface area contributed by atoms with Crippen LogP contribution < -0.4 is 5.73 Å². The van der Waals surface area contributed by atoms with Crippen molar-refractivity contribution in [1.82, 2.24) is 29.9 Å². The molecule has 0 radical (unpaired) electrons. The maximum absolute atomic E-state index is 13.3. The van der Waals surface area contributed by atoms with E-state index in [4.69, 9.17) is 5.73 Å². The van der Waals surface area contributed by atoms with Crippen molar-refractivity contribution in [2.24, 2.45) is 0 Å². The van der Waals surface area contributed by atoms with Gasteiger partial charge in [-0.3, -0.25) is 4.98 Å². The van der Waals surface area contributed by atoms with E-state index >= 15 is 0 Å². The second-order valence-electron chi connectivity index (χ2n) is 8.50. The van der Waals surface area contributed by atoms with Gasteiger partial charge in [0.25, 0.3) is 0 Å². The third kappa shape index (κ3) is 3.78. The fourth-order valence-electron chi connectivity index (χ4n) is 3.73. The molecule has 0 fully saturated rings. The maximum atomic E-state index is 13.3. The van der Waals surface area contributed by atoms with Crippen LogP contribution in [0, 0.1) is 11.3 Å². The van der Waals surface area contributed by atoms with E-state index in [1.165, 1.54) is 6.20 Å². The lowest BCUT2D eigenvalue weighted by Gasteiger charge is -2.16. The molecule has 4 aromatic heterocycles. The SMILES string of the molecule is CC(C)(C#N)c1ccc(-n2nnc3cnc4ccc(-c5cnc(N)c(C(F)(F)F)c5)nc4c32)cc1. The Labute approximate surface area is 196 Å². The highest BCUT2D eigenvalue weighted by molar-refractivity contribution is 6.00. The molecule has 174 valence electrons. The molecule has 0 spiro atoms. The van der Waals surface area contributed by atoms with Crippen molar-refractivity contribution >= 4 is 27.9 Å². The number of hydrogen-bond acceptors (Lipinski definition) is 7. The lowest BCUT2D eigenvalue weighted by Crippen LogP contribution is -2.13. The van der Waals surface area contributed by atoms with Gasteiger partial charge in [0.15, 0.2) is 0 Å². The van der Waals surface area contributed by atoms with Crippen molar-refractivity contribution in [2.75, 3.05) is 5.73 Å². The van der Waals surface area contributed by atoms with E-state index in [1.807, 2.05) is 38.1 Å². The van der Waals surface area contributed by atoms with Crippen molar-refractivity contribution in [3.8, 4) is 23.0 Å². The van der Waals surface area contributed by atoms with Crippen LogP contribution in [0.3, 0.4) is 0 Å². The van der Waals surface area contributed by atoms with Gasteiger partial charge in [-0.25, -0.2) is 14.6 Å². The van der Waals surface area contributed by atoms with Gasteiger partial charge >= 0.3 is 6.18 Å². The summed E-state index contributed by atoms with van der Waals surface area (Å²) < 4.78 is 41.6. The van der Waals surface area contributed by atoms with Crippen molar-refractivity contribution in [1.29, 1.82) is 5.26 Å². The summed E-state index contributed by atoms with van der Waals surface area (Å²) in [6, 6.07) is 13.7. The Hall–Kier alpha value is -4.59. The zero-order valence-electron chi connectivity index (χ0n) is 18.5. The minimum Gasteiger partial charge on any atom is -0.383 e. The van der Waals surface area contributed by atoms with Gasteiger partial charge in [-0.2, -0.15) is 18.4 Å². The van der Waals surface area contributed by atoms with Gasteiger partial charge in [-0.1, -0.05) is 17.3 Å². The number of pyridine rings is 3. The van der Waals surface area contributed by atoms with Crippen LogP contribution in [0.1, 0.15) is 25.0 Å². The largest absolute Gasteiger partial charge is 0.419 e. The molecule has 8 nitrogen and oxygen atoms in total. The fraction of sp³-hybridized carbons (Fsp3) is 0.167. The predicted molar refractivity (Wildman–Crippen MR) is 123 cm³/mol. The zero-order valence-corrected chi connectivity index (χ0v) is 18.5. The van der Waals surface area contributed by atoms with Gasteiger partial charge in [0, 0.05) is 11.8 Å². The molecule has 0 aliphatic carbocycles. The van der Waals surface area contributed by atoms with Gasteiger partial charge in [0.2, 0.25) is 0 Å². The second kappa shape index (κ2) is 7.73. The lowest BCUT2D eigenvalue weighted by atomic mass is 9.86. The topological polar surface area (TPSA) is 119 Å². The summed E-state index contributed by atoms with van der Waals surface area (Å²) in [5.41, 5.74) is 7.65. The first-order chi connectivity index (χ1) is 16.6. The molecule has 2 N–H and O–H groups in total. The van der Waals surface area contributed by atoms with Crippen LogP contribution in [0.4, 0.5) is 19.0 Å². The fourth-order valence-corrected chi connectivity index (χ4v) is 3.73. The molecule has 0 saturated heterocycles. The number of nitriles is 1. The number of anilines is 1. The Kier molecular flexibility index (Phi) is 4.91. The predicted octanol–water partition coefficient (Wildman–Crippen LogP) is 4.83. The Bertz CT molecular complexity index is 1630. The molecule has 5 aromatic rings. The van der Waals surface area contributed by atoms with Crippen LogP contribution >= 0.6 is 0 Å². The van der Waals surface area contributed by atoms with Crippen LogP contribution in [0.15, 0.2) is 54.9 Å². The summed E-state index contributed by atoms with van der Waals surface area (Å²) in [5.74, 6) is -0.601. The number of aromatic nitrogens is 6. The maximum Gasteiger partial charge on any atom is 0.419 e. The Morgan fingerprint density at radius 1 is 0.971 bits per heavy atom. The highest BCUT2D eigenvalue weighted by Gasteiger charge is 2.34. The highest BCUT2D eigenvalue weighted by atomic mass is 19.4. The number of alkyl halides is 3. The van der Waals surface area contributed by atoms with Gasteiger partial charge in [0.1, 0.15) is 22.4 Å². The molecule has 5 rings (SSSR count). The van der Waals surface area contributed by atoms with E-state index in [2.05, 4.69) is 31.3 Å². The normalized spacial score (nSPS) is 12.2. The average molecular weight is 474 g/mol. The standard InChI is InChI=1S/C24H17F3N8/c1-23(2,12-28)14-3-5-15(6-4-14)35-21-19(33-34-35)11-30-18-8-7-17(32-20(18)21)13-9-16(24(25,26)27)22(29)31-10-13/h3-11H,1-2H3,(H2,29,31). The summed E-state index contributed by atoms with van der Waals surface area (Å²) in [7, 11) is 0. The first-order valence-electron chi connectivity index (χ1n) is 10.4. The molecular weight excluding hydrogens is 457 g/mol. The third-order valence-corrected chi connectivity index (χ3v) is 5.75. The lowest BCUT2D eigenvalue weighted by molar-refractivity contribution is -0.137. The molecule has 4 heterocycles. The number of fused-ring (bicyclic) bond motifs is 3. The van der Waals surface area contributed by atoms with E-state index in [1.54, 1.807) is 23.0 Å². The Morgan fingerprint density at radius 3 is 2.40 bits per heavy atom. The molecule has 1 aromatic carbocycles. The number of rotatable bonds is 3. The first-order valence-corrected chi connectivity index (χ1v) is 10.4. The zero-order chi connectivity index (χ0) is 25.0. The molecular formula is C24H17F3N8. The summed E-state index contributed by atoms with van der Waals surface area (Å²) in [5, 5.41) is 17.8. The molecule has 0 aliphatic heterocycles. The van der Waals surface area contributed by atoms with Crippen LogP contribution in [0.2, 0.25) is 0 Å². The summed E-state index contributed by atoms with van der Waals surface area (Å²) in [6.07, 6.45) is -1.84. The van der Waals surface area contributed by atoms with E-state index in [-0.39, 0.29) is 11.3 Å². The number of benzene rings is 1. The minimum absolute atomic E-state index is 0.160. The monoisotopic (exact) mass is 474 g/mol. The van der Waals surface area contributed by atoms with Gasteiger partial charge in [0.05, 0.1) is 40.1 Å². The second-order valence-corrected chi connectivity index (χ2v) is 8.50. The van der Waals surface area contributed by atoms with E-state index < -0.39 is 23.0 Å². The van der Waals surface area contributed by atoms with Crippen LogP contribution in [0.5, 0.6) is 0 Å². The average Bonchev–Trinajstić information content (AvgIpc) is 3.28. The molecule has 35 heavy (non-hydrogen) atoms. The Morgan fingerprint density at radius 2 is 1.71 bits per heavy atom. The summed E-state index contributed by atoms with van der Waals surface area (Å²) in [4.78, 5) is 12.7. The minimum atomic E-state index is -4.65. The van der Waals surface area contributed by atoms with E-state index in [9.17, 15) is 18.4 Å². The van der Waals surface area contributed by atoms with Crippen molar-refractivity contribution < 1.29 is 13.2 Å². The van der Waals surface area contributed by atoms with Crippen molar-refractivity contribution in [3.63, 3.8) is 0 Å². The third-order valence-electron chi connectivity index (χ3n) is 5.75. The number of hydrogen-bond donors (Lipinski definition) is 1. The number of halogens is 3. The van der Waals surface area contributed by atoms with Crippen LogP contribution in [-0.2, 0) is 11.6 Å². The smallest absolute Gasteiger partial charge is 0.383 e. The molecule has 0 saturated carbocycles. The highest BCUT2D eigenvalue weighted by Crippen LogP contribution is 2.35. The van der Waals surface area contributed by atoms with Crippen molar-refractivity contribution in [2.45, 2.75) is 25.4 Å². The summed E-state index contributed by atoms with van der Waals surface area (Å²) >= 11 is 0. The molecule has 0 atom stereocenters. The van der Waals surface area contributed by atoms with Gasteiger partial charge in [-0.15, -0.1) is 5.10 Å². The van der Waals surface area contributed by atoms with Gasteiger partial charge < -0.3 is 5.73 Å². The van der Waals surface area contributed by atoms with Gasteiger partial charge in [-0.05, 0) is 49.7 Å². The molecule has 0 bridgehead atoms. The van der Waals surface area contributed by atoms with E-state index in [0.717, 1.165) is 11.6 Å². The van der Waals surface area contributed by atoms with E-state index in [0.29, 0.717) is 27.8 Å².